The first-order chi connectivity index (χ1) is 3.85. The highest BCUT2D eigenvalue weighted by Crippen LogP contribution is 1.82. The summed E-state index contributed by atoms with van der Waals surface area (Å²) in [6.45, 7) is 0. The Morgan fingerprint density at radius 2 is 1.62 bits per heavy atom. The highest BCUT2D eigenvalue weighted by Gasteiger charge is 2.04. The zero-order valence-corrected chi connectivity index (χ0v) is 3.84. The third-order valence-corrected chi connectivity index (χ3v) is 0.405. The van der Waals surface area contributed by atoms with E-state index < -0.39 is 0 Å². The van der Waals surface area contributed by atoms with E-state index in [-0.39, 0.29) is 5.57 Å². The van der Waals surface area contributed by atoms with Gasteiger partial charge in [0.1, 0.15) is 0 Å². The van der Waals surface area contributed by atoms with Gasteiger partial charge in [-0.1, -0.05) is 10.5 Å². The van der Waals surface area contributed by atoms with Crippen molar-refractivity contribution in [2.75, 3.05) is 0 Å². The Balaban J connectivity index is 4.28. The van der Waals surface area contributed by atoms with Crippen molar-refractivity contribution in [3.63, 3.8) is 0 Å². The quantitative estimate of drug-likeness (QED) is 0.326. The van der Waals surface area contributed by atoms with Crippen molar-refractivity contribution in [1.82, 2.24) is 0 Å². The average molecular weight is 102 g/mol. The summed E-state index contributed by atoms with van der Waals surface area (Å²) < 4.78 is 0. The number of nitrogens with zero attached hydrogens (tertiary/aromatic N) is 3. The number of allylic oxidation sites excluding steroid dienone is 2. The van der Waals surface area contributed by atoms with E-state index in [2.05, 4.69) is 0 Å². The summed E-state index contributed by atoms with van der Waals surface area (Å²) in [6.07, 6.45) is 1.88. The van der Waals surface area contributed by atoms with Crippen molar-refractivity contribution >= 4 is 0 Å². The molecular weight excluding hydrogens is 102 g/mol. The molecule has 0 bridgehead atoms. The predicted molar refractivity (Wildman–Crippen MR) is 23.6 cm³/mol. The minimum absolute atomic E-state index is 0.285. The van der Waals surface area contributed by atoms with Gasteiger partial charge in [-0.05, 0) is 0 Å². The van der Waals surface area contributed by atoms with Crippen molar-refractivity contribution < 1.29 is 0 Å². The lowest BCUT2D eigenvalue weighted by Gasteiger charge is -1.47. The van der Waals surface area contributed by atoms with Crippen LogP contribution < -0.4 is 0 Å². The second-order valence-electron chi connectivity index (χ2n) is 0.835. The van der Waals surface area contributed by atoms with Gasteiger partial charge in [-0.15, -0.1) is 0 Å². The Hall–Kier alpha value is -1.88. The van der Waals surface area contributed by atoms with Gasteiger partial charge in [-0.3, -0.25) is 0 Å². The van der Waals surface area contributed by atoms with Crippen LogP contribution in [0.3, 0.4) is 0 Å². The van der Waals surface area contributed by atoms with Crippen LogP contribution in [0.25, 0.3) is 0 Å². The third-order valence-electron chi connectivity index (χ3n) is 0.405. The van der Waals surface area contributed by atoms with Gasteiger partial charge in [0.15, 0.2) is 6.08 Å². The highest BCUT2D eigenvalue weighted by atomic mass is 14.3. The molecule has 0 rings (SSSR count). The first kappa shape index (κ1) is 6.12. The molecule has 0 saturated heterocycles. The van der Waals surface area contributed by atoms with Crippen molar-refractivity contribution in [3.8, 4) is 18.2 Å². The summed E-state index contributed by atoms with van der Waals surface area (Å²) in [4.78, 5) is 0. The molecule has 0 aliphatic rings. The van der Waals surface area contributed by atoms with Gasteiger partial charge in [0.2, 0.25) is 6.07 Å². The van der Waals surface area contributed by atoms with E-state index in [1.807, 2.05) is 6.08 Å². The first-order valence-corrected chi connectivity index (χ1v) is 1.67. The Morgan fingerprint density at radius 3 is 1.75 bits per heavy atom. The summed E-state index contributed by atoms with van der Waals surface area (Å²) in [5.74, 6) is 0. The molecule has 0 heterocycles. The summed E-state index contributed by atoms with van der Waals surface area (Å²) in [5.41, 5.74) is -0.285. The fourth-order valence-electron chi connectivity index (χ4n) is 0.137. The van der Waals surface area contributed by atoms with E-state index in [9.17, 15) is 0 Å². The molecule has 3 nitrogen and oxygen atoms in total. The molecule has 0 aromatic carbocycles. The smallest absolute Gasteiger partial charge is 0.166 e. The molecular formula is C5N3+. The van der Waals surface area contributed by atoms with Crippen LogP contribution in [0.2, 0.25) is 0 Å². The van der Waals surface area contributed by atoms with E-state index >= 15 is 0 Å². The maximum absolute atomic E-state index is 7.93. The largest absolute Gasteiger partial charge is 0.381 e. The second-order valence-corrected chi connectivity index (χ2v) is 0.835. The molecule has 0 fully saturated rings. The Kier molecular flexibility index (Phi) is 2.54. The number of nitriles is 3. The Bertz CT molecular complexity index is 202. The molecule has 0 unspecified atom stereocenters. The normalized spacial score (nSPS) is 4.62. The van der Waals surface area contributed by atoms with Crippen LogP contribution in [0.15, 0.2) is 5.57 Å². The SMILES string of the molecule is N#C[C+]=C(C#N)C#N. The standard InChI is InChI=1S/C5N3/c6-2-1-5(3-7)4-8/q+1. The maximum Gasteiger partial charge on any atom is 0.381 e. The molecule has 0 atom stereocenters. The zero-order chi connectivity index (χ0) is 6.41. The van der Waals surface area contributed by atoms with Gasteiger partial charge >= 0.3 is 5.57 Å². The fourth-order valence-corrected chi connectivity index (χ4v) is 0.137. The molecule has 0 radical (unpaired) electrons. The van der Waals surface area contributed by atoms with Crippen LogP contribution in [0.4, 0.5) is 0 Å². The van der Waals surface area contributed by atoms with Crippen molar-refractivity contribution in [2.24, 2.45) is 0 Å². The molecule has 34 valence electrons. The Morgan fingerprint density at radius 1 is 1.12 bits per heavy atom. The molecule has 0 saturated carbocycles. The topological polar surface area (TPSA) is 71.4 Å². The molecule has 0 aliphatic carbocycles. The molecule has 0 aliphatic heterocycles. The van der Waals surface area contributed by atoms with Gasteiger partial charge in [-0.25, -0.2) is 0 Å². The monoisotopic (exact) mass is 102 g/mol. The second kappa shape index (κ2) is 3.32. The lowest BCUT2D eigenvalue weighted by molar-refractivity contribution is 1.44. The summed E-state index contributed by atoms with van der Waals surface area (Å²) in [6, 6.07) is 4.39. The minimum Gasteiger partial charge on any atom is -0.166 e. The van der Waals surface area contributed by atoms with E-state index in [1.54, 1.807) is 0 Å². The summed E-state index contributed by atoms with van der Waals surface area (Å²) in [5, 5.41) is 23.7. The molecule has 0 amide bonds. The molecule has 0 aromatic rings. The van der Waals surface area contributed by atoms with Gasteiger partial charge < -0.3 is 0 Å². The predicted octanol–water partition coefficient (Wildman–Crippen LogP) is 0.287. The Labute approximate surface area is 46.7 Å². The number of hydrogen-bond acceptors (Lipinski definition) is 3. The lowest BCUT2D eigenvalue weighted by Crippen LogP contribution is -1.67. The van der Waals surface area contributed by atoms with Crippen LogP contribution in [-0.2, 0) is 0 Å². The summed E-state index contributed by atoms with van der Waals surface area (Å²) >= 11 is 0. The fraction of sp³-hybridized carbons (Fsp3) is 0. The van der Waals surface area contributed by atoms with E-state index in [4.69, 9.17) is 15.8 Å². The minimum atomic E-state index is -0.285. The maximum atomic E-state index is 7.93. The first-order valence-electron chi connectivity index (χ1n) is 1.67. The molecule has 3 heteroatoms. The van der Waals surface area contributed by atoms with Crippen molar-refractivity contribution in [1.29, 1.82) is 15.8 Å². The highest BCUT2D eigenvalue weighted by molar-refractivity contribution is 5.35. The molecule has 0 N–H and O–H groups in total. The molecule has 8 heavy (non-hydrogen) atoms. The van der Waals surface area contributed by atoms with Crippen LogP contribution in [-0.4, -0.2) is 0 Å². The van der Waals surface area contributed by atoms with Gasteiger partial charge in [0.05, 0.1) is 0 Å². The van der Waals surface area contributed by atoms with Crippen molar-refractivity contribution in [2.45, 2.75) is 0 Å². The van der Waals surface area contributed by atoms with Gasteiger partial charge in [0, 0.05) is 0 Å². The number of hydrogen-bond donors (Lipinski definition) is 0. The average Bonchev–Trinajstić information content (AvgIpc) is 1.83. The van der Waals surface area contributed by atoms with Gasteiger partial charge in [-0.2, -0.15) is 5.26 Å². The molecule has 0 aromatic heterocycles. The van der Waals surface area contributed by atoms with Crippen LogP contribution in [0.5, 0.6) is 0 Å². The van der Waals surface area contributed by atoms with Gasteiger partial charge in [0.25, 0.3) is 12.1 Å². The number of rotatable bonds is 0. The lowest BCUT2D eigenvalue weighted by atomic mass is 10.3. The third kappa shape index (κ3) is 1.53. The van der Waals surface area contributed by atoms with Crippen LogP contribution in [0, 0.1) is 40.1 Å². The van der Waals surface area contributed by atoms with E-state index in [0.29, 0.717) is 0 Å². The van der Waals surface area contributed by atoms with E-state index in [1.165, 1.54) is 18.2 Å². The molecule has 0 spiro atoms. The van der Waals surface area contributed by atoms with Crippen LogP contribution >= 0.6 is 0 Å². The van der Waals surface area contributed by atoms with E-state index in [0.717, 1.165) is 0 Å². The van der Waals surface area contributed by atoms with Crippen LogP contribution in [0.1, 0.15) is 0 Å². The van der Waals surface area contributed by atoms with Crippen molar-refractivity contribution in [3.05, 3.63) is 11.6 Å². The summed E-state index contributed by atoms with van der Waals surface area (Å²) in [7, 11) is 0. The zero-order valence-electron chi connectivity index (χ0n) is 3.84.